The molecule has 2 rings (SSSR count). The lowest BCUT2D eigenvalue weighted by molar-refractivity contribution is -0.119. The van der Waals surface area contributed by atoms with Crippen LogP contribution in [-0.2, 0) is 10.2 Å². The van der Waals surface area contributed by atoms with E-state index in [1.807, 2.05) is 11.3 Å². The van der Waals surface area contributed by atoms with E-state index in [0.717, 1.165) is 6.54 Å². The van der Waals surface area contributed by atoms with Crippen molar-refractivity contribution in [3.63, 3.8) is 0 Å². The highest BCUT2D eigenvalue weighted by Crippen LogP contribution is 2.42. The zero-order valence-electron chi connectivity index (χ0n) is 9.08. The molecule has 1 N–H and O–H groups in total. The first-order chi connectivity index (χ1) is 7.23. The molecule has 1 aliphatic carbocycles. The van der Waals surface area contributed by atoms with Gasteiger partial charge in [-0.25, -0.2) is 0 Å². The fraction of sp³-hybridized carbons (Fsp3) is 0.583. The number of hydrogen-bond acceptors (Lipinski definition) is 2. The second-order valence-corrected chi connectivity index (χ2v) is 5.32. The molecule has 0 radical (unpaired) electrons. The topological polar surface area (TPSA) is 29.1 Å². The molecular weight excluding hydrogens is 206 g/mol. The molecule has 82 valence electrons. The van der Waals surface area contributed by atoms with Gasteiger partial charge in [-0.1, -0.05) is 18.9 Å². The van der Waals surface area contributed by atoms with E-state index < -0.39 is 0 Å². The molecule has 0 bridgehead atoms. The Labute approximate surface area is 94.7 Å². The number of rotatable bonds is 3. The summed E-state index contributed by atoms with van der Waals surface area (Å²) in [5.41, 5.74) is 0.236. The summed E-state index contributed by atoms with van der Waals surface area (Å²) in [7, 11) is 0. The lowest BCUT2D eigenvalue weighted by Crippen LogP contribution is -2.37. The molecule has 0 unspecified atom stereocenters. The molecule has 1 amide bonds. The maximum atomic E-state index is 11.0. The van der Waals surface area contributed by atoms with Crippen molar-refractivity contribution in [1.82, 2.24) is 5.32 Å². The van der Waals surface area contributed by atoms with Gasteiger partial charge < -0.3 is 5.32 Å². The molecular formula is C12H17NOS. The Balaban J connectivity index is 2.14. The predicted molar refractivity (Wildman–Crippen MR) is 63.1 cm³/mol. The fourth-order valence-corrected chi connectivity index (χ4v) is 3.42. The molecule has 3 heteroatoms. The monoisotopic (exact) mass is 223 g/mol. The molecule has 1 aliphatic rings. The molecule has 0 saturated heterocycles. The van der Waals surface area contributed by atoms with Crippen molar-refractivity contribution in [1.29, 1.82) is 0 Å². The normalized spacial score (nSPS) is 19.0. The molecule has 1 heterocycles. The molecule has 1 aromatic rings. The minimum Gasteiger partial charge on any atom is -0.355 e. The number of carbonyl (C=O) groups excluding carboxylic acids is 1. The largest absolute Gasteiger partial charge is 0.355 e. The van der Waals surface area contributed by atoms with Crippen LogP contribution in [0.1, 0.15) is 37.5 Å². The van der Waals surface area contributed by atoms with Crippen molar-refractivity contribution in [2.75, 3.05) is 6.54 Å². The average Bonchev–Trinajstić information content (AvgIpc) is 2.86. The Morgan fingerprint density at radius 2 is 2.27 bits per heavy atom. The summed E-state index contributed by atoms with van der Waals surface area (Å²) in [6.45, 7) is 2.40. The van der Waals surface area contributed by atoms with Gasteiger partial charge in [0, 0.05) is 23.8 Å². The molecule has 15 heavy (non-hydrogen) atoms. The van der Waals surface area contributed by atoms with Crippen LogP contribution in [0.3, 0.4) is 0 Å². The number of carbonyl (C=O) groups is 1. The quantitative estimate of drug-likeness (QED) is 0.838. The third-order valence-electron chi connectivity index (χ3n) is 3.28. The number of hydrogen-bond donors (Lipinski definition) is 1. The van der Waals surface area contributed by atoms with Crippen LogP contribution in [0.4, 0.5) is 0 Å². The standard InChI is InChI=1S/C12H17NOS/c1-10(14)13-9-12(6-2-3-7-12)11-5-4-8-15-11/h4-5,8H,2-3,6-7,9H2,1H3,(H,13,14). The number of thiophene rings is 1. The summed E-state index contributed by atoms with van der Waals surface area (Å²) >= 11 is 1.82. The first-order valence-electron chi connectivity index (χ1n) is 5.51. The van der Waals surface area contributed by atoms with E-state index in [-0.39, 0.29) is 11.3 Å². The van der Waals surface area contributed by atoms with Gasteiger partial charge in [0.2, 0.25) is 5.91 Å². The van der Waals surface area contributed by atoms with E-state index in [2.05, 4.69) is 22.8 Å². The molecule has 0 spiro atoms. The van der Waals surface area contributed by atoms with Crippen LogP contribution in [0.2, 0.25) is 0 Å². The van der Waals surface area contributed by atoms with Crippen molar-refractivity contribution in [2.24, 2.45) is 0 Å². The highest BCUT2D eigenvalue weighted by atomic mass is 32.1. The van der Waals surface area contributed by atoms with Gasteiger partial charge in [0.1, 0.15) is 0 Å². The molecule has 1 saturated carbocycles. The first-order valence-corrected chi connectivity index (χ1v) is 6.39. The van der Waals surface area contributed by atoms with Crippen LogP contribution < -0.4 is 5.32 Å². The van der Waals surface area contributed by atoms with Crippen molar-refractivity contribution in [3.8, 4) is 0 Å². The third kappa shape index (κ3) is 2.23. The van der Waals surface area contributed by atoms with Crippen LogP contribution in [-0.4, -0.2) is 12.5 Å². The van der Waals surface area contributed by atoms with E-state index in [1.54, 1.807) is 6.92 Å². The zero-order valence-corrected chi connectivity index (χ0v) is 9.90. The Kier molecular flexibility index (Phi) is 3.10. The van der Waals surface area contributed by atoms with Gasteiger partial charge in [-0.05, 0) is 24.3 Å². The van der Waals surface area contributed by atoms with Crippen LogP contribution in [0.25, 0.3) is 0 Å². The Morgan fingerprint density at radius 3 is 2.80 bits per heavy atom. The van der Waals surface area contributed by atoms with Crippen molar-refractivity contribution < 1.29 is 4.79 Å². The van der Waals surface area contributed by atoms with Crippen LogP contribution in [0.15, 0.2) is 17.5 Å². The summed E-state index contributed by atoms with van der Waals surface area (Å²) < 4.78 is 0. The summed E-state index contributed by atoms with van der Waals surface area (Å²) in [6.07, 6.45) is 5.01. The van der Waals surface area contributed by atoms with Crippen molar-refractivity contribution in [3.05, 3.63) is 22.4 Å². The summed E-state index contributed by atoms with van der Waals surface area (Å²) in [5.74, 6) is 0.0813. The molecule has 0 aliphatic heterocycles. The lowest BCUT2D eigenvalue weighted by atomic mass is 9.84. The van der Waals surface area contributed by atoms with E-state index >= 15 is 0 Å². The van der Waals surface area contributed by atoms with Gasteiger partial charge in [-0.2, -0.15) is 0 Å². The number of nitrogens with one attached hydrogen (secondary N) is 1. The highest BCUT2D eigenvalue weighted by molar-refractivity contribution is 7.10. The molecule has 2 nitrogen and oxygen atoms in total. The smallest absolute Gasteiger partial charge is 0.216 e. The lowest BCUT2D eigenvalue weighted by Gasteiger charge is -2.27. The van der Waals surface area contributed by atoms with Gasteiger partial charge in [-0.3, -0.25) is 4.79 Å². The van der Waals surface area contributed by atoms with Crippen molar-refractivity contribution in [2.45, 2.75) is 38.0 Å². The third-order valence-corrected chi connectivity index (χ3v) is 4.40. The molecule has 0 atom stereocenters. The van der Waals surface area contributed by atoms with E-state index in [0.29, 0.717) is 0 Å². The first kappa shape index (κ1) is 10.7. The fourth-order valence-electron chi connectivity index (χ4n) is 2.44. The van der Waals surface area contributed by atoms with Gasteiger partial charge in [0.05, 0.1) is 0 Å². The molecule has 1 aromatic heterocycles. The minimum absolute atomic E-state index is 0.0813. The second-order valence-electron chi connectivity index (χ2n) is 4.37. The summed E-state index contributed by atoms with van der Waals surface area (Å²) in [5, 5.41) is 5.11. The van der Waals surface area contributed by atoms with Gasteiger partial charge in [-0.15, -0.1) is 11.3 Å². The maximum absolute atomic E-state index is 11.0. The van der Waals surface area contributed by atoms with Crippen molar-refractivity contribution >= 4 is 17.2 Å². The molecule has 1 fully saturated rings. The summed E-state index contributed by atoms with van der Waals surface area (Å²) in [4.78, 5) is 12.4. The zero-order chi connectivity index (χ0) is 10.7. The maximum Gasteiger partial charge on any atom is 0.216 e. The minimum atomic E-state index is 0.0813. The Bertz CT molecular complexity index is 325. The van der Waals surface area contributed by atoms with E-state index in [9.17, 15) is 4.79 Å². The van der Waals surface area contributed by atoms with E-state index in [1.165, 1.54) is 30.6 Å². The van der Waals surface area contributed by atoms with Gasteiger partial charge in [0.25, 0.3) is 0 Å². The Morgan fingerprint density at radius 1 is 1.53 bits per heavy atom. The average molecular weight is 223 g/mol. The summed E-state index contributed by atoms with van der Waals surface area (Å²) in [6, 6.07) is 4.31. The highest BCUT2D eigenvalue weighted by Gasteiger charge is 2.36. The number of amides is 1. The van der Waals surface area contributed by atoms with Gasteiger partial charge in [0.15, 0.2) is 0 Å². The SMILES string of the molecule is CC(=O)NCC1(c2cccs2)CCCC1. The van der Waals surface area contributed by atoms with Gasteiger partial charge >= 0.3 is 0 Å². The second kappa shape index (κ2) is 4.35. The van der Waals surface area contributed by atoms with Crippen LogP contribution in [0.5, 0.6) is 0 Å². The van der Waals surface area contributed by atoms with Crippen LogP contribution in [0, 0.1) is 0 Å². The predicted octanol–water partition coefficient (Wildman–Crippen LogP) is 2.70. The molecule has 0 aromatic carbocycles. The Hall–Kier alpha value is -0.830. The van der Waals surface area contributed by atoms with E-state index in [4.69, 9.17) is 0 Å². The van der Waals surface area contributed by atoms with Crippen LogP contribution >= 0.6 is 11.3 Å².